The second kappa shape index (κ2) is 7.83. The third kappa shape index (κ3) is 6.11. The fourth-order valence-electron chi connectivity index (χ4n) is 2.09. The van der Waals surface area contributed by atoms with Gasteiger partial charge in [0.15, 0.2) is 0 Å². The molecule has 0 unspecified atom stereocenters. The van der Waals surface area contributed by atoms with Gasteiger partial charge in [-0.25, -0.2) is 13.9 Å². The number of ether oxygens (including phenoxy) is 1. The number of aliphatic carboxylic acids is 1. The topological polar surface area (TPSA) is 241 Å². The van der Waals surface area contributed by atoms with E-state index in [1.165, 1.54) is 0 Å². The highest BCUT2D eigenvalue weighted by Gasteiger charge is 2.54. The monoisotopic (exact) mass is 398 g/mol. The molecule has 0 heterocycles. The van der Waals surface area contributed by atoms with E-state index in [0.717, 1.165) is 0 Å². The third-order valence-electron chi connectivity index (χ3n) is 2.94. The van der Waals surface area contributed by atoms with Gasteiger partial charge in [0.1, 0.15) is 43.2 Å². The molecule has 142 valence electrons. The van der Waals surface area contributed by atoms with Crippen LogP contribution in [0.5, 0.6) is 0 Å². The number of hydrogen-bond donors (Lipinski definition) is 8. The average Bonchev–Trinajstić information content (AvgIpc) is 2.37. The quantitative estimate of drug-likeness (QED) is 0.194. The van der Waals surface area contributed by atoms with Crippen LogP contribution in [0.15, 0.2) is 0 Å². The van der Waals surface area contributed by atoms with Crippen molar-refractivity contribution in [2.75, 3.05) is 6.61 Å². The second-order valence-corrected chi connectivity index (χ2v) is 7.15. The maximum atomic E-state index is 10.9. The van der Waals surface area contributed by atoms with Crippen molar-refractivity contribution in [2.24, 2.45) is 0 Å². The highest BCUT2D eigenvalue weighted by Crippen LogP contribution is 2.45. The Morgan fingerprint density at radius 1 is 0.792 bits per heavy atom. The minimum Gasteiger partial charge on any atom is -0.480 e. The average molecular weight is 398 g/mol. The molecular formula is C8H16O14P2. The zero-order chi connectivity index (χ0) is 18.9. The zero-order valence-electron chi connectivity index (χ0n) is 11.6. The fourth-order valence-corrected chi connectivity index (χ4v) is 3.22. The van der Waals surface area contributed by atoms with Crippen LogP contribution in [0, 0.1) is 0 Å². The van der Waals surface area contributed by atoms with Gasteiger partial charge in [0, 0.05) is 0 Å². The van der Waals surface area contributed by atoms with E-state index in [9.17, 15) is 29.2 Å². The maximum absolute atomic E-state index is 10.9. The molecular weight excluding hydrogens is 382 g/mol. The van der Waals surface area contributed by atoms with Crippen molar-refractivity contribution in [3.8, 4) is 0 Å². The Bertz CT molecular complexity index is 539. The lowest BCUT2D eigenvalue weighted by molar-refractivity contribution is -0.229. The van der Waals surface area contributed by atoms with Crippen LogP contribution in [0.1, 0.15) is 0 Å². The summed E-state index contributed by atoms with van der Waals surface area (Å²) in [4.78, 5) is 45.6. The smallest absolute Gasteiger partial charge is 0.470 e. The molecule has 0 aromatic carbocycles. The fraction of sp³-hybridized carbons (Fsp3) is 0.875. The number of carbonyl (C=O) groups is 1. The SMILES string of the molecule is O=C(O)CO[C@@H]1[C@@H](O)[C@H](OP(=O)(O)O)[C@H](O)[C@H](O)[C@H]1OP(=O)(O)O. The van der Waals surface area contributed by atoms with E-state index in [-0.39, 0.29) is 0 Å². The number of rotatable bonds is 7. The summed E-state index contributed by atoms with van der Waals surface area (Å²) in [5.41, 5.74) is 0. The zero-order valence-corrected chi connectivity index (χ0v) is 13.4. The van der Waals surface area contributed by atoms with Gasteiger partial charge >= 0.3 is 21.6 Å². The van der Waals surface area contributed by atoms with Crippen LogP contribution in [0.4, 0.5) is 0 Å². The predicted molar refractivity (Wildman–Crippen MR) is 69.2 cm³/mol. The number of aliphatic hydroxyl groups excluding tert-OH is 3. The Kier molecular flexibility index (Phi) is 7.03. The molecule has 8 N–H and O–H groups in total. The number of phosphoric acid groups is 2. The molecule has 0 saturated heterocycles. The van der Waals surface area contributed by atoms with Crippen LogP contribution in [0.3, 0.4) is 0 Å². The summed E-state index contributed by atoms with van der Waals surface area (Å²) >= 11 is 0. The summed E-state index contributed by atoms with van der Waals surface area (Å²) in [6.07, 6.45) is -13.0. The van der Waals surface area contributed by atoms with E-state index >= 15 is 0 Å². The maximum Gasteiger partial charge on any atom is 0.470 e. The Morgan fingerprint density at radius 2 is 1.21 bits per heavy atom. The summed E-state index contributed by atoms with van der Waals surface area (Å²) < 4.78 is 34.7. The first kappa shape index (κ1) is 21.6. The molecule has 1 saturated carbocycles. The molecule has 24 heavy (non-hydrogen) atoms. The third-order valence-corrected chi connectivity index (χ3v) is 3.97. The second-order valence-electron chi connectivity index (χ2n) is 4.76. The summed E-state index contributed by atoms with van der Waals surface area (Å²) in [7, 11) is -10.5. The van der Waals surface area contributed by atoms with E-state index in [4.69, 9.17) is 24.7 Å². The molecule has 0 radical (unpaired) electrons. The van der Waals surface area contributed by atoms with Crippen LogP contribution in [0.2, 0.25) is 0 Å². The molecule has 0 aromatic heterocycles. The molecule has 0 aromatic rings. The van der Waals surface area contributed by atoms with Crippen molar-refractivity contribution in [1.29, 1.82) is 0 Å². The molecule has 0 bridgehead atoms. The van der Waals surface area contributed by atoms with Crippen LogP contribution < -0.4 is 0 Å². The minimum atomic E-state index is -5.27. The van der Waals surface area contributed by atoms with Crippen molar-refractivity contribution in [3.63, 3.8) is 0 Å². The van der Waals surface area contributed by atoms with Gasteiger partial charge in [-0.15, -0.1) is 0 Å². The lowest BCUT2D eigenvalue weighted by Gasteiger charge is -2.44. The molecule has 1 aliphatic carbocycles. The number of carboxylic acids is 1. The summed E-state index contributed by atoms with van der Waals surface area (Å²) in [6.45, 7) is -1.12. The Balaban J connectivity index is 3.13. The molecule has 0 amide bonds. The van der Waals surface area contributed by atoms with Crippen molar-refractivity contribution in [3.05, 3.63) is 0 Å². The molecule has 1 fully saturated rings. The highest BCUT2D eigenvalue weighted by molar-refractivity contribution is 7.46. The van der Waals surface area contributed by atoms with Gasteiger partial charge in [-0.05, 0) is 0 Å². The first-order valence-corrected chi connectivity index (χ1v) is 9.14. The number of carboxylic acid groups (broad SMARTS) is 1. The molecule has 0 aliphatic heterocycles. The Hall–Kier alpha value is -0.470. The van der Waals surface area contributed by atoms with Gasteiger partial charge in [-0.2, -0.15) is 0 Å². The standard InChI is InChI=1S/C8H16O14P2/c9-2(10)1-20-7-5(13)6(21-23(14,15)16)3(11)4(12)8(7)22-24(17,18)19/h3-8,11-13H,1H2,(H,9,10)(H2,14,15,16)(H2,17,18,19)/t3-,4+,5+,6-,7-,8-/m1/s1. The van der Waals surface area contributed by atoms with E-state index < -0.39 is 64.8 Å². The van der Waals surface area contributed by atoms with Crippen molar-refractivity contribution < 1.29 is 67.7 Å². The van der Waals surface area contributed by atoms with Gasteiger partial charge < -0.3 is 44.7 Å². The van der Waals surface area contributed by atoms with Crippen LogP contribution in [0.25, 0.3) is 0 Å². The Morgan fingerprint density at radius 3 is 1.62 bits per heavy atom. The van der Waals surface area contributed by atoms with Gasteiger partial charge in [0.25, 0.3) is 0 Å². The van der Waals surface area contributed by atoms with Gasteiger partial charge in [0.2, 0.25) is 0 Å². The molecule has 16 heteroatoms. The van der Waals surface area contributed by atoms with E-state index in [2.05, 4.69) is 13.8 Å². The van der Waals surface area contributed by atoms with Crippen LogP contribution in [-0.4, -0.2) is 89.2 Å². The molecule has 6 atom stereocenters. The van der Waals surface area contributed by atoms with Gasteiger partial charge in [-0.3, -0.25) is 9.05 Å². The molecule has 1 aliphatic rings. The number of aliphatic hydroxyl groups is 3. The van der Waals surface area contributed by atoms with Crippen molar-refractivity contribution in [2.45, 2.75) is 36.6 Å². The van der Waals surface area contributed by atoms with Gasteiger partial charge in [-0.1, -0.05) is 0 Å². The largest absolute Gasteiger partial charge is 0.480 e. The number of hydrogen-bond acceptors (Lipinski definition) is 9. The lowest BCUT2D eigenvalue weighted by Crippen LogP contribution is -2.65. The van der Waals surface area contributed by atoms with E-state index in [1.54, 1.807) is 0 Å². The molecule has 14 nitrogen and oxygen atoms in total. The first-order chi connectivity index (χ1) is 10.7. The normalized spacial score (nSPS) is 35.0. The summed E-state index contributed by atoms with van der Waals surface area (Å²) in [5.74, 6) is -1.56. The highest BCUT2D eigenvalue weighted by atomic mass is 31.2. The van der Waals surface area contributed by atoms with Crippen LogP contribution in [-0.2, 0) is 27.7 Å². The summed E-state index contributed by atoms with van der Waals surface area (Å²) in [5, 5.41) is 38.1. The molecule has 1 rings (SSSR count). The minimum absolute atomic E-state index is 1.12. The lowest BCUT2D eigenvalue weighted by atomic mass is 9.85. The van der Waals surface area contributed by atoms with E-state index in [0.29, 0.717) is 0 Å². The predicted octanol–water partition coefficient (Wildman–Crippen LogP) is -3.49. The van der Waals surface area contributed by atoms with Gasteiger partial charge in [0.05, 0.1) is 0 Å². The molecule has 0 spiro atoms. The first-order valence-electron chi connectivity index (χ1n) is 6.08. The van der Waals surface area contributed by atoms with E-state index in [1.807, 2.05) is 0 Å². The van der Waals surface area contributed by atoms with Crippen molar-refractivity contribution in [1.82, 2.24) is 0 Å². The number of phosphoric ester groups is 2. The Labute approximate surface area is 133 Å². The van der Waals surface area contributed by atoms with Crippen LogP contribution >= 0.6 is 15.6 Å². The van der Waals surface area contributed by atoms with Crippen molar-refractivity contribution >= 4 is 21.6 Å². The summed E-state index contributed by atoms with van der Waals surface area (Å²) in [6, 6.07) is 0.